The van der Waals surface area contributed by atoms with Crippen LogP contribution in [0.15, 0.2) is 66.7 Å². The summed E-state index contributed by atoms with van der Waals surface area (Å²) in [7, 11) is 1.52. The second-order valence-corrected chi connectivity index (χ2v) is 9.92. The van der Waals surface area contributed by atoms with Crippen molar-refractivity contribution in [3.8, 4) is 5.75 Å². The van der Waals surface area contributed by atoms with Gasteiger partial charge in [0, 0.05) is 34.1 Å². The number of benzene rings is 3. The number of methoxy groups -OCH3 is 1. The number of ether oxygens (including phenoxy) is 1. The summed E-state index contributed by atoms with van der Waals surface area (Å²) >= 11 is 0. The largest absolute Gasteiger partial charge is 0.497 e. The third kappa shape index (κ3) is 6.30. The van der Waals surface area contributed by atoms with E-state index in [9.17, 15) is 35.9 Å². The summed E-state index contributed by atoms with van der Waals surface area (Å²) in [5.41, 5.74) is -2.17. The van der Waals surface area contributed by atoms with Gasteiger partial charge in [0.15, 0.2) is 5.78 Å². The van der Waals surface area contributed by atoms with E-state index < -0.39 is 40.7 Å². The van der Waals surface area contributed by atoms with Crippen molar-refractivity contribution in [2.24, 2.45) is 0 Å². The summed E-state index contributed by atoms with van der Waals surface area (Å²) in [6.45, 7) is 3.94. The number of amides is 1. The van der Waals surface area contributed by atoms with Gasteiger partial charge in [0.2, 0.25) is 0 Å². The van der Waals surface area contributed by atoms with Gasteiger partial charge < -0.3 is 15.4 Å². The smallest absolute Gasteiger partial charge is 0.417 e. The average Bonchev–Trinajstić information content (AvgIpc) is 2.86. The summed E-state index contributed by atoms with van der Waals surface area (Å²) in [6, 6.07) is 11.5. The molecular weight excluding hydrogens is 538 g/mol. The number of halogens is 6. The van der Waals surface area contributed by atoms with Crippen LogP contribution in [0.3, 0.4) is 0 Å². The van der Waals surface area contributed by atoms with Gasteiger partial charge in [0.1, 0.15) is 5.75 Å². The number of carbonyl (C=O) groups excluding carboxylic acids is 2. The van der Waals surface area contributed by atoms with Crippen LogP contribution < -0.4 is 15.4 Å². The molecule has 5 nitrogen and oxygen atoms in total. The first-order valence-corrected chi connectivity index (χ1v) is 12.0. The van der Waals surface area contributed by atoms with E-state index in [2.05, 4.69) is 10.6 Å². The lowest BCUT2D eigenvalue weighted by Gasteiger charge is -2.35. The van der Waals surface area contributed by atoms with Crippen molar-refractivity contribution in [3.63, 3.8) is 0 Å². The molecule has 40 heavy (non-hydrogen) atoms. The van der Waals surface area contributed by atoms with Gasteiger partial charge in [-0.05, 0) is 68.3 Å². The van der Waals surface area contributed by atoms with Gasteiger partial charge in [-0.15, -0.1) is 0 Å². The third-order valence-corrected chi connectivity index (χ3v) is 6.29. The van der Waals surface area contributed by atoms with Gasteiger partial charge in [0.25, 0.3) is 5.91 Å². The lowest BCUT2D eigenvalue weighted by atomic mass is 9.85. The molecule has 210 valence electrons. The normalized spacial score (nSPS) is 15.7. The Balaban J connectivity index is 1.65. The minimum Gasteiger partial charge on any atom is -0.497 e. The molecule has 4 rings (SSSR count). The van der Waals surface area contributed by atoms with Crippen LogP contribution in [0.4, 0.5) is 32.0 Å². The van der Waals surface area contributed by atoms with E-state index in [1.54, 1.807) is 6.07 Å². The minimum atomic E-state index is -5.07. The number of hydrogen-bond acceptors (Lipinski definition) is 4. The molecule has 2 N–H and O–H groups in total. The maximum atomic E-state index is 13.4. The molecule has 0 atom stereocenters. The summed E-state index contributed by atoms with van der Waals surface area (Å²) < 4.78 is 85.1. The van der Waals surface area contributed by atoms with Crippen LogP contribution in [0.2, 0.25) is 0 Å². The van der Waals surface area contributed by atoms with E-state index in [0.717, 1.165) is 11.1 Å². The molecule has 0 aliphatic carbocycles. The molecule has 0 saturated heterocycles. The quantitative estimate of drug-likeness (QED) is 0.197. The zero-order valence-electron chi connectivity index (χ0n) is 21.6. The minimum absolute atomic E-state index is 0.0706. The highest BCUT2D eigenvalue weighted by Crippen LogP contribution is 2.37. The highest BCUT2D eigenvalue weighted by molar-refractivity contribution is 6.10. The molecule has 1 amide bonds. The molecule has 3 aromatic rings. The van der Waals surface area contributed by atoms with Crippen LogP contribution in [0.1, 0.15) is 56.8 Å². The first-order valence-electron chi connectivity index (χ1n) is 12.0. The fraction of sp³-hybridized carbons (Fsp3) is 0.241. The summed E-state index contributed by atoms with van der Waals surface area (Å²) in [5, 5.41) is 5.50. The molecule has 0 aromatic heterocycles. The Bertz CT molecular complexity index is 1510. The predicted molar refractivity (Wildman–Crippen MR) is 137 cm³/mol. The van der Waals surface area contributed by atoms with E-state index >= 15 is 0 Å². The topological polar surface area (TPSA) is 67.4 Å². The molecule has 11 heteroatoms. The molecule has 1 aliphatic heterocycles. The van der Waals surface area contributed by atoms with Crippen molar-refractivity contribution in [2.75, 3.05) is 12.4 Å². The molecule has 1 heterocycles. The Hall–Kier alpha value is -4.28. The fourth-order valence-electron chi connectivity index (χ4n) is 4.47. The van der Waals surface area contributed by atoms with Gasteiger partial charge in [-0.25, -0.2) is 0 Å². The van der Waals surface area contributed by atoms with Gasteiger partial charge in [0.05, 0.1) is 23.8 Å². The van der Waals surface area contributed by atoms with Crippen LogP contribution in [0.5, 0.6) is 5.75 Å². The number of ketones is 1. The molecule has 0 fully saturated rings. The van der Waals surface area contributed by atoms with Gasteiger partial charge in [-0.3, -0.25) is 9.59 Å². The standard InChI is InChI=1S/C29H24F6N2O3/c1-27(2)15-17-7-9-20(40-3)13-21(17)24(37-27)14-25(38)16-5-4-6-19(11-16)36-26(39)22-12-18(28(30,31)32)8-10-23(22)29(33,34)35/h4-14,37H,15H2,1-3H3,(H,36,39)/b24-14-. The van der Waals surface area contributed by atoms with Crippen LogP contribution in [-0.2, 0) is 18.8 Å². The van der Waals surface area contributed by atoms with Gasteiger partial charge >= 0.3 is 12.4 Å². The summed E-state index contributed by atoms with van der Waals surface area (Å²) in [5.74, 6) is -1.28. The zero-order valence-corrected chi connectivity index (χ0v) is 21.6. The summed E-state index contributed by atoms with van der Waals surface area (Å²) in [6.07, 6.45) is -7.96. The van der Waals surface area contributed by atoms with Crippen LogP contribution >= 0.6 is 0 Å². The first kappa shape index (κ1) is 28.7. The van der Waals surface area contributed by atoms with Crippen molar-refractivity contribution >= 4 is 23.1 Å². The van der Waals surface area contributed by atoms with Crippen molar-refractivity contribution in [1.29, 1.82) is 0 Å². The highest BCUT2D eigenvalue weighted by atomic mass is 19.4. The Labute approximate surface area is 225 Å². The second-order valence-electron chi connectivity index (χ2n) is 9.92. The molecule has 0 saturated carbocycles. The number of rotatable bonds is 5. The fourth-order valence-corrected chi connectivity index (χ4v) is 4.47. The number of anilines is 1. The Morgan fingerprint density at radius 3 is 2.33 bits per heavy atom. The van der Waals surface area contributed by atoms with E-state index in [4.69, 9.17) is 4.74 Å². The highest BCUT2D eigenvalue weighted by Gasteiger charge is 2.38. The average molecular weight is 563 g/mol. The third-order valence-electron chi connectivity index (χ3n) is 6.29. The van der Waals surface area contributed by atoms with Crippen molar-refractivity contribution in [3.05, 3.63) is 100 Å². The molecule has 0 radical (unpaired) electrons. The van der Waals surface area contributed by atoms with Crippen molar-refractivity contribution in [1.82, 2.24) is 5.32 Å². The molecule has 0 spiro atoms. The monoisotopic (exact) mass is 562 g/mol. The van der Waals surface area contributed by atoms with E-state index in [1.807, 2.05) is 26.0 Å². The maximum absolute atomic E-state index is 13.4. The number of alkyl halides is 6. The van der Waals surface area contributed by atoms with Gasteiger partial charge in [-0.2, -0.15) is 26.3 Å². The lowest BCUT2D eigenvalue weighted by Crippen LogP contribution is -2.43. The Morgan fingerprint density at radius 2 is 1.68 bits per heavy atom. The zero-order chi connectivity index (χ0) is 29.5. The van der Waals surface area contributed by atoms with Gasteiger partial charge in [-0.1, -0.05) is 18.2 Å². The van der Waals surface area contributed by atoms with E-state index in [0.29, 0.717) is 17.9 Å². The molecule has 1 aliphatic rings. The van der Waals surface area contributed by atoms with Crippen LogP contribution in [0.25, 0.3) is 5.70 Å². The molecule has 3 aromatic carbocycles. The van der Waals surface area contributed by atoms with E-state index in [-0.39, 0.29) is 35.0 Å². The van der Waals surface area contributed by atoms with E-state index in [1.165, 1.54) is 37.5 Å². The number of nitrogens with one attached hydrogen (secondary N) is 2. The lowest BCUT2D eigenvalue weighted by molar-refractivity contribution is -0.141. The number of carbonyl (C=O) groups is 2. The number of fused-ring (bicyclic) bond motifs is 1. The predicted octanol–water partition coefficient (Wildman–Crippen LogP) is 7.13. The SMILES string of the molecule is COc1ccc2c(c1)/C(=C/C(=O)c1cccc(NC(=O)c3cc(C(F)(F)F)ccc3C(F)(F)F)c1)NC(C)(C)C2. The number of hydrogen-bond donors (Lipinski definition) is 2. The Kier molecular flexibility index (Phi) is 7.44. The molecular formula is C29H24F6N2O3. The molecule has 0 bridgehead atoms. The maximum Gasteiger partial charge on any atom is 0.417 e. The summed E-state index contributed by atoms with van der Waals surface area (Å²) in [4.78, 5) is 25.9. The van der Waals surface area contributed by atoms with Crippen LogP contribution in [0, 0.1) is 0 Å². The number of allylic oxidation sites excluding steroid dienone is 1. The van der Waals surface area contributed by atoms with Crippen LogP contribution in [-0.4, -0.2) is 24.3 Å². The molecule has 0 unspecified atom stereocenters. The Morgan fingerprint density at radius 1 is 0.950 bits per heavy atom. The van der Waals surface area contributed by atoms with Crippen molar-refractivity contribution < 1.29 is 40.7 Å². The first-order chi connectivity index (χ1) is 18.6. The second kappa shape index (κ2) is 10.4. The van der Waals surface area contributed by atoms with Crippen molar-refractivity contribution in [2.45, 2.75) is 38.2 Å².